The molecule has 35 heavy (non-hydrogen) atoms. The molecule has 1 N–H and O–H groups in total. The molecule has 0 spiro atoms. The molecule has 6 nitrogen and oxygen atoms in total. The summed E-state index contributed by atoms with van der Waals surface area (Å²) in [6, 6.07) is 22.5. The van der Waals surface area contributed by atoms with Gasteiger partial charge >= 0.3 is 0 Å². The van der Waals surface area contributed by atoms with Crippen LogP contribution < -0.4 is 10.1 Å². The fourth-order valence-corrected chi connectivity index (χ4v) is 4.59. The van der Waals surface area contributed by atoms with E-state index in [9.17, 15) is 4.79 Å². The van der Waals surface area contributed by atoms with Gasteiger partial charge < -0.3 is 9.15 Å². The molecule has 0 unspecified atom stereocenters. The second kappa shape index (κ2) is 9.56. The lowest BCUT2D eigenvalue weighted by Crippen LogP contribution is -2.08. The summed E-state index contributed by atoms with van der Waals surface area (Å²) in [7, 11) is 1.61. The zero-order valence-corrected chi connectivity index (χ0v) is 20.3. The summed E-state index contributed by atoms with van der Waals surface area (Å²) in [5.41, 5.74) is 6.64. The normalized spacial score (nSPS) is 11.6. The molecule has 0 saturated carbocycles. The van der Waals surface area contributed by atoms with Gasteiger partial charge in [-0.2, -0.15) is 0 Å². The van der Waals surface area contributed by atoms with Crippen LogP contribution in [0.3, 0.4) is 0 Å². The van der Waals surface area contributed by atoms with Crippen molar-refractivity contribution in [2.45, 2.75) is 13.8 Å². The van der Waals surface area contributed by atoms with Crippen LogP contribution >= 0.6 is 11.3 Å². The number of anilines is 1. The number of allylic oxidation sites excluding steroid dienone is 1. The van der Waals surface area contributed by atoms with E-state index < -0.39 is 0 Å². The fraction of sp³-hybridized carbons (Fsp3) is 0.107. The number of nitrogens with zero attached hydrogens (tertiary/aromatic N) is 2. The molecule has 1 amide bonds. The molecule has 0 radical (unpaired) electrons. The lowest BCUT2D eigenvalue weighted by atomic mass is 9.97. The number of aromatic nitrogens is 2. The maximum atomic E-state index is 12.5. The number of hydrogen-bond acceptors (Lipinski definition) is 6. The topological polar surface area (TPSA) is 77.2 Å². The maximum absolute atomic E-state index is 12.5. The predicted molar refractivity (Wildman–Crippen MR) is 141 cm³/mol. The Hall–Kier alpha value is -4.23. The van der Waals surface area contributed by atoms with E-state index in [1.54, 1.807) is 13.4 Å². The van der Waals surface area contributed by atoms with Crippen LogP contribution in [-0.4, -0.2) is 23.2 Å². The largest absolute Gasteiger partial charge is 0.496 e. The number of rotatable bonds is 6. The number of methoxy groups -OCH3 is 1. The van der Waals surface area contributed by atoms with Crippen molar-refractivity contribution < 1.29 is 13.9 Å². The summed E-state index contributed by atoms with van der Waals surface area (Å²) in [6.45, 7) is 3.72. The van der Waals surface area contributed by atoms with Crippen LogP contribution in [0.15, 0.2) is 83.5 Å². The second-order valence-electron chi connectivity index (χ2n) is 8.08. The first-order valence-corrected chi connectivity index (χ1v) is 11.9. The average Bonchev–Trinajstić information content (AvgIpc) is 3.48. The molecule has 174 valence electrons. The molecule has 2 heterocycles. The summed E-state index contributed by atoms with van der Waals surface area (Å²) >= 11 is 1.33. The monoisotopic (exact) mass is 481 g/mol. The second-order valence-corrected chi connectivity index (χ2v) is 9.27. The number of furan rings is 1. The van der Waals surface area contributed by atoms with Gasteiger partial charge in [0.1, 0.15) is 16.3 Å². The number of benzene rings is 3. The van der Waals surface area contributed by atoms with Gasteiger partial charge in [-0.1, -0.05) is 65.9 Å². The lowest BCUT2D eigenvalue weighted by Gasteiger charge is -2.10. The van der Waals surface area contributed by atoms with Gasteiger partial charge in [-0.05, 0) is 42.2 Å². The van der Waals surface area contributed by atoms with Gasteiger partial charge in [0.15, 0.2) is 0 Å². The first-order valence-electron chi connectivity index (χ1n) is 11.1. The molecule has 0 aliphatic rings. The molecule has 7 heteroatoms. The zero-order chi connectivity index (χ0) is 24.4. The molecule has 5 aromatic rings. The van der Waals surface area contributed by atoms with E-state index in [1.165, 1.54) is 23.0 Å². The number of ether oxygens (including phenoxy) is 1. The van der Waals surface area contributed by atoms with Crippen molar-refractivity contribution in [3.8, 4) is 28.0 Å². The van der Waals surface area contributed by atoms with Crippen LogP contribution in [0.2, 0.25) is 0 Å². The van der Waals surface area contributed by atoms with E-state index in [2.05, 4.69) is 51.9 Å². The van der Waals surface area contributed by atoms with Crippen molar-refractivity contribution in [1.29, 1.82) is 0 Å². The Morgan fingerprint density at radius 3 is 2.40 bits per heavy atom. The van der Waals surface area contributed by atoms with Gasteiger partial charge in [0.2, 0.25) is 11.0 Å². The molecule has 2 aromatic heterocycles. The Labute approximate surface area is 206 Å². The third kappa shape index (κ3) is 4.72. The Morgan fingerprint density at radius 1 is 1.00 bits per heavy atom. The van der Waals surface area contributed by atoms with Crippen molar-refractivity contribution in [3.05, 3.63) is 89.6 Å². The van der Waals surface area contributed by atoms with E-state index in [4.69, 9.17) is 9.15 Å². The summed E-state index contributed by atoms with van der Waals surface area (Å²) in [5.74, 6) is 0.357. The fourth-order valence-electron chi connectivity index (χ4n) is 3.99. The highest BCUT2D eigenvalue weighted by atomic mass is 32.1. The van der Waals surface area contributed by atoms with Gasteiger partial charge in [-0.15, -0.1) is 10.2 Å². The summed E-state index contributed by atoms with van der Waals surface area (Å²) in [6.07, 6.45) is 3.30. The van der Waals surface area contributed by atoms with Gasteiger partial charge in [0.05, 0.1) is 13.4 Å². The minimum absolute atomic E-state index is 0.273. The number of amides is 1. The number of carbonyl (C=O) groups excluding carboxylic acids is 1. The van der Waals surface area contributed by atoms with E-state index in [0.717, 1.165) is 38.2 Å². The molecular weight excluding hydrogens is 458 g/mol. The average molecular weight is 482 g/mol. The van der Waals surface area contributed by atoms with Crippen LogP contribution in [0.5, 0.6) is 5.75 Å². The number of nitrogens with one attached hydrogen (secondary N) is 1. The van der Waals surface area contributed by atoms with Crippen LogP contribution in [-0.2, 0) is 4.79 Å². The van der Waals surface area contributed by atoms with E-state index in [-0.39, 0.29) is 5.91 Å². The van der Waals surface area contributed by atoms with E-state index >= 15 is 0 Å². The van der Waals surface area contributed by atoms with Crippen molar-refractivity contribution in [1.82, 2.24) is 10.2 Å². The molecule has 0 aliphatic carbocycles. The zero-order valence-electron chi connectivity index (χ0n) is 19.5. The smallest absolute Gasteiger partial charge is 0.250 e. The predicted octanol–water partition coefficient (Wildman–Crippen LogP) is 6.98. The Balaban J connectivity index is 1.48. The number of hydrogen-bond donors (Lipinski definition) is 1. The molecular formula is C28H23N3O3S. The van der Waals surface area contributed by atoms with Gasteiger partial charge in [-0.25, -0.2) is 0 Å². The number of carbonyl (C=O) groups is 1. The molecule has 5 rings (SSSR count). The highest BCUT2D eigenvalue weighted by molar-refractivity contribution is 7.15. The van der Waals surface area contributed by atoms with Crippen molar-refractivity contribution in [2.75, 3.05) is 12.4 Å². The van der Waals surface area contributed by atoms with Crippen LogP contribution in [0.25, 0.3) is 38.8 Å². The van der Waals surface area contributed by atoms with E-state index in [1.807, 2.05) is 44.2 Å². The van der Waals surface area contributed by atoms with Crippen LogP contribution in [0.4, 0.5) is 5.13 Å². The highest BCUT2D eigenvalue weighted by Gasteiger charge is 2.15. The van der Waals surface area contributed by atoms with Gasteiger partial charge in [0.25, 0.3) is 0 Å². The molecule has 0 atom stereocenters. The van der Waals surface area contributed by atoms with Gasteiger partial charge in [0, 0.05) is 28.7 Å². The molecule has 0 fully saturated rings. The standard InChI is InChI=1S/C28H23N3O3S/c1-17(13-27(32)29-28-31-30-18(2)35-28)22-14-23-24(16-34-26(23)15-25(22)33-3)21-11-9-20(10-12-21)19-7-5-4-6-8-19/h4-16H,1-3H3,(H,29,31,32)/b17-13+. The third-order valence-corrected chi connectivity index (χ3v) is 6.48. The molecule has 3 aromatic carbocycles. The minimum atomic E-state index is -0.273. The van der Waals surface area contributed by atoms with Crippen LogP contribution in [0, 0.1) is 6.92 Å². The first kappa shape index (κ1) is 22.6. The van der Waals surface area contributed by atoms with Crippen molar-refractivity contribution >= 4 is 38.9 Å². The SMILES string of the molecule is COc1cc2occ(-c3ccc(-c4ccccc4)cc3)c2cc1/C(C)=C/C(=O)Nc1nnc(C)s1. The lowest BCUT2D eigenvalue weighted by molar-refractivity contribution is -0.111. The molecule has 0 aliphatic heterocycles. The maximum Gasteiger partial charge on any atom is 0.250 e. The summed E-state index contributed by atoms with van der Waals surface area (Å²) < 4.78 is 11.5. The third-order valence-electron chi connectivity index (χ3n) is 5.73. The van der Waals surface area contributed by atoms with Crippen LogP contribution in [0.1, 0.15) is 17.5 Å². The van der Waals surface area contributed by atoms with Crippen molar-refractivity contribution in [2.24, 2.45) is 0 Å². The number of fused-ring (bicyclic) bond motifs is 1. The Kier molecular flexibility index (Phi) is 6.16. The van der Waals surface area contributed by atoms with E-state index in [0.29, 0.717) is 16.5 Å². The minimum Gasteiger partial charge on any atom is -0.496 e. The summed E-state index contributed by atoms with van der Waals surface area (Å²) in [5, 5.41) is 12.8. The molecule has 0 saturated heterocycles. The Morgan fingerprint density at radius 2 is 1.71 bits per heavy atom. The molecule has 0 bridgehead atoms. The number of aryl methyl sites for hydroxylation is 1. The van der Waals surface area contributed by atoms with Crippen molar-refractivity contribution in [3.63, 3.8) is 0 Å². The summed E-state index contributed by atoms with van der Waals surface area (Å²) in [4.78, 5) is 12.5. The quantitative estimate of drug-likeness (QED) is 0.265. The Bertz CT molecular complexity index is 1530. The highest BCUT2D eigenvalue weighted by Crippen LogP contribution is 2.38. The first-order chi connectivity index (χ1) is 17.0. The van der Waals surface area contributed by atoms with Gasteiger partial charge in [-0.3, -0.25) is 10.1 Å².